The average Bonchev–Trinajstić information content (AvgIpc) is 2.67. The number of hydrogen-bond donors (Lipinski definition) is 0. The number of likely N-dealkylation sites (tertiary alicyclic amines) is 1. The predicted molar refractivity (Wildman–Crippen MR) is 56.9 cm³/mol. The molecule has 1 saturated carbocycles. The Kier molecular flexibility index (Phi) is 1.98. The Morgan fingerprint density at radius 1 is 1.38 bits per heavy atom. The SMILES string of the molecule is CCC(C)(C#N)N1C(=O)C2C(C1=O)C2(C)C. The van der Waals surface area contributed by atoms with Gasteiger partial charge in [-0.3, -0.25) is 14.5 Å². The molecule has 4 heteroatoms. The van der Waals surface area contributed by atoms with Crippen LogP contribution >= 0.6 is 0 Å². The first kappa shape index (κ1) is 11.1. The zero-order chi connectivity index (χ0) is 12.3. The highest BCUT2D eigenvalue weighted by Crippen LogP contribution is 2.64. The molecule has 2 fully saturated rings. The van der Waals surface area contributed by atoms with E-state index in [4.69, 9.17) is 5.26 Å². The van der Waals surface area contributed by atoms with Crippen LogP contribution in [0, 0.1) is 28.6 Å². The Bertz CT molecular complexity index is 397. The van der Waals surface area contributed by atoms with Gasteiger partial charge in [-0.1, -0.05) is 20.8 Å². The number of fused-ring (bicyclic) bond motifs is 1. The molecule has 0 aromatic heterocycles. The molecule has 0 N–H and O–H groups in total. The fourth-order valence-corrected chi connectivity index (χ4v) is 2.72. The highest BCUT2D eigenvalue weighted by molar-refractivity contribution is 6.11. The van der Waals surface area contributed by atoms with E-state index >= 15 is 0 Å². The quantitative estimate of drug-likeness (QED) is 0.659. The van der Waals surface area contributed by atoms with Gasteiger partial charge in [-0.2, -0.15) is 5.26 Å². The van der Waals surface area contributed by atoms with Crippen LogP contribution < -0.4 is 0 Å². The molecular weight excluding hydrogens is 204 g/mol. The van der Waals surface area contributed by atoms with Crippen LogP contribution in [0.2, 0.25) is 0 Å². The van der Waals surface area contributed by atoms with E-state index in [9.17, 15) is 9.59 Å². The molecule has 0 spiro atoms. The van der Waals surface area contributed by atoms with E-state index < -0.39 is 5.54 Å². The molecule has 16 heavy (non-hydrogen) atoms. The van der Waals surface area contributed by atoms with E-state index in [0.29, 0.717) is 6.42 Å². The van der Waals surface area contributed by atoms with Crippen molar-refractivity contribution in [1.82, 2.24) is 4.90 Å². The van der Waals surface area contributed by atoms with Gasteiger partial charge < -0.3 is 0 Å². The van der Waals surface area contributed by atoms with Crippen LogP contribution in [0.5, 0.6) is 0 Å². The van der Waals surface area contributed by atoms with Crippen molar-refractivity contribution in [3.05, 3.63) is 0 Å². The fourth-order valence-electron chi connectivity index (χ4n) is 2.72. The average molecular weight is 220 g/mol. The van der Waals surface area contributed by atoms with Crippen molar-refractivity contribution in [3.8, 4) is 6.07 Å². The lowest BCUT2D eigenvalue weighted by Gasteiger charge is -2.32. The summed E-state index contributed by atoms with van der Waals surface area (Å²) >= 11 is 0. The smallest absolute Gasteiger partial charge is 0.235 e. The molecule has 1 aliphatic carbocycles. The van der Waals surface area contributed by atoms with Crippen molar-refractivity contribution in [2.24, 2.45) is 17.3 Å². The van der Waals surface area contributed by atoms with E-state index in [0.717, 1.165) is 0 Å². The minimum Gasteiger partial charge on any atom is -0.274 e. The molecule has 2 rings (SSSR count). The molecule has 1 heterocycles. The Hall–Kier alpha value is -1.37. The van der Waals surface area contributed by atoms with Crippen LogP contribution in [0.1, 0.15) is 34.1 Å². The van der Waals surface area contributed by atoms with Gasteiger partial charge in [0.2, 0.25) is 11.8 Å². The maximum absolute atomic E-state index is 12.1. The van der Waals surface area contributed by atoms with Crippen LogP contribution in [0.25, 0.3) is 0 Å². The van der Waals surface area contributed by atoms with Gasteiger partial charge in [0.1, 0.15) is 5.54 Å². The topological polar surface area (TPSA) is 61.2 Å². The van der Waals surface area contributed by atoms with Crippen molar-refractivity contribution < 1.29 is 9.59 Å². The third kappa shape index (κ3) is 1.03. The molecule has 4 nitrogen and oxygen atoms in total. The maximum Gasteiger partial charge on any atom is 0.235 e. The Balaban J connectivity index is 2.34. The molecule has 0 aromatic carbocycles. The monoisotopic (exact) mass is 220 g/mol. The van der Waals surface area contributed by atoms with Crippen LogP contribution in [-0.4, -0.2) is 22.3 Å². The molecule has 86 valence electrons. The number of carbonyl (C=O) groups excluding carboxylic acids is 2. The third-order valence-electron chi connectivity index (χ3n) is 4.22. The standard InChI is InChI=1S/C12H16N2O2/c1-5-12(4,6-13)14-9(15)7-8(10(14)16)11(7,2)3/h7-8H,5H2,1-4H3. The minimum atomic E-state index is -0.975. The van der Waals surface area contributed by atoms with E-state index in [1.54, 1.807) is 6.92 Å². The highest BCUT2D eigenvalue weighted by Gasteiger charge is 2.74. The molecule has 3 atom stereocenters. The summed E-state index contributed by atoms with van der Waals surface area (Å²) in [6, 6.07) is 2.08. The number of carbonyl (C=O) groups is 2. The minimum absolute atomic E-state index is 0.161. The summed E-state index contributed by atoms with van der Waals surface area (Å²) in [6.07, 6.45) is 0.473. The van der Waals surface area contributed by atoms with Crippen molar-refractivity contribution in [3.63, 3.8) is 0 Å². The van der Waals surface area contributed by atoms with E-state index in [-0.39, 0.29) is 29.1 Å². The van der Waals surface area contributed by atoms with Crippen molar-refractivity contribution in [2.45, 2.75) is 39.7 Å². The zero-order valence-corrected chi connectivity index (χ0v) is 10.1. The van der Waals surface area contributed by atoms with Gasteiger partial charge >= 0.3 is 0 Å². The summed E-state index contributed by atoms with van der Waals surface area (Å²) in [5.41, 5.74) is -1.17. The first-order chi connectivity index (χ1) is 7.31. The number of amides is 2. The number of rotatable bonds is 2. The molecule has 0 aromatic rings. The second kappa shape index (κ2) is 2.85. The number of nitriles is 1. The van der Waals surface area contributed by atoms with Crippen LogP contribution in [-0.2, 0) is 9.59 Å². The van der Waals surface area contributed by atoms with E-state index in [1.807, 2.05) is 20.8 Å². The number of piperidine rings is 1. The van der Waals surface area contributed by atoms with Gasteiger partial charge in [-0.15, -0.1) is 0 Å². The lowest BCUT2D eigenvalue weighted by Crippen LogP contribution is -2.51. The molecule has 3 unspecified atom stereocenters. The summed E-state index contributed by atoms with van der Waals surface area (Å²) in [4.78, 5) is 25.4. The molecule has 1 saturated heterocycles. The van der Waals surface area contributed by atoms with Gasteiger partial charge in [0.05, 0.1) is 17.9 Å². The molecular formula is C12H16N2O2. The Labute approximate surface area is 95.2 Å². The Morgan fingerprint density at radius 2 is 1.81 bits per heavy atom. The van der Waals surface area contributed by atoms with Crippen molar-refractivity contribution in [1.29, 1.82) is 5.26 Å². The maximum atomic E-state index is 12.1. The fraction of sp³-hybridized carbons (Fsp3) is 0.750. The van der Waals surface area contributed by atoms with E-state index in [2.05, 4.69) is 6.07 Å². The second-order valence-corrected chi connectivity index (χ2v) is 5.53. The first-order valence-electron chi connectivity index (χ1n) is 5.60. The van der Waals surface area contributed by atoms with Crippen LogP contribution in [0.4, 0.5) is 0 Å². The van der Waals surface area contributed by atoms with E-state index in [1.165, 1.54) is 4.90 Å². The normalized spacial score (nSPS) is 34.3. The van der Waals surface area contributed by atoms with Gasteiger partial charge in [0.25, 0.3) is 0 Å². The lowest BCUT2D eigenvalue weighted by molar-refractivity contribution is -0.147. The van der Waals surface area contributed by atoms with Crippen LogP contribution in [0.15, 0.2) is 0 Å². The van der Waals surface area contributed by atoms with Gasteiger partial charge in [0.15, 0.2) is 0 Å². The molecule has 2 amide bonds. The van der Waals surface area contributed by atoms with Gasteiger partial charge in [-0.25, -0.2) is 0 Å². The second-order valence-electron chi connectivity index (χ2n) is 5.53. The zero-order valence-electron chi connectivity index (χ0n) is 10.1. The first-order valence-corrected chi connectivity index (χ1v) is 5.60. The summed E-state index contributed by atoms with van der Waals surface area (Å²) in [6.45, 7) is 7.34. The lowest BCUT2D eigenvalue weighted by atomic mass is 9.95. The summed E-state index contributed by atoms with van der Waals surface area (Å²) in [7, 11) is 0. The van der Waals surface area contributed by atoms with Crippen molar-refractivity contribution in [2.75, 3.05) is 0 Å². The Morgan fingerprint density at radius 3 is 2.12 bits per heavy atom. The highest BCUT2D eigenvalue weighted by atomic mass is 16.2. The number of imide groups is 1. The molecule has 0 bridgehead atoms. The summed E-state index contributed by atoms with van der Waals surface area (Å²) in [5, 5.41) is 9.12. The molecule has 2 aliphatic rings. The van der Waals surface area contributed by atoms with Crippen molar-refractivity contribution >= 4 is 11.8 Å². The van der Waals surface area contributed by atoms with Crippen LogP contribution in [0.3, 0.4) is 0 Å². The third-order valence-corrected chi connectivity index (χ3v) is 4.22. The molecule has 0 radical (unpaired) electrons. The summed E-state index contributed by atoms with van der Waals surface area (Å²) in [5.74, 6) is -0.713. The molecule has 1 aliphatic heterocycles. The number of nitrogens with zero attached hydrogens (tertiary/aromatic N) is 2. The van der Waals surface area contributed by atoms with Gasteiger partial charge in [-0.05, 0) is 18.8 Å². The van der Waals surface area contributed by atoms with Gasteiger partial charge in [0, 0.05) is 0 Å². The summed E-state index contributed by atoms with van der Waals surface area (Å²) < 4.78 is 0. The predicted octanol–water partition coefficient (Wildman–Crippen LogP) is 1.32. The largest absolute Gasteiger partial charge is 0.274 e. The number of hydrogen-bond acceptors (Lipinski definition) is 3.